The molecule has 0 aliphatic rings. The number of rotatable bonds is 8. The monoisotopic (exact) mass is 370 g/mol. The van der Waals surface area contributed by atoms with Crippen molar-refractivity contribution in [2.75, 3.05) is 13.2 Å². The van der Waals surface area contributed by atoms with Crippen LogP contribution in [-0.4, -0.2) is 37.0 Å². The van der Waals surface area contributed by atoms with Crippen molar-refractivity contribution in [2.24, 2.45) is 0 Å². The summed E-state index contributed by atoms with van der Waals surface area (Å²) in [6.07, 6.45) is 0. The van der Waals surface area contributed by atoms with Crippen LogP contribution < -0.4 is 15.4 Å². The third-order valence-corrected chi connectivity index (χ3v) is 3.53. The van der Waals surface area contributed by atoms with Gasteiger partial charge in [-0.25, -0.2) is 4.79 Å². The van der Waals surface area contributed by atoms with Crippen molar-refractivity contribution in [1.29, 1.82) is 0 Å². The first-order valence-corrected chi connectivity index (χ1v) is 8.57. The van der Waals surface area contributed by atoms with E-state index in [-0.39, 0.29) is 11.5 Å². The van der Waals surface area contributed by atoms with Crippen LogP contribution in [-0.2, 0) is 14.3 Å². The number of carbonyl (C=O) groups excluding carboxylic acids is 3. The highest BCUT2D eigenvalue weighted by Crippen LogP contribution is 2.25. The van der Waals surface area contributed by atoms with Crippen molar-refractivity contribution < 1.29 is 23.9 Å². The standard InChI is InChI=1S/C20H22N2O5/c1-3-21-19(24)14(2)22-18(23)13-26-20(25)16-11-7-8-12-17(16)27-15-9-5-4-6-10-15/h4-12,14H,3,13H2,1-2H3,(H,21,24)(H,22,23)/t14-/m1/s1. The second-order valence-electron chi connectivity index (χ2n) is 5.67. The predicted molar refractivity (Wildman–Crippen MR) is 99.5 cm³/mol. The van der Waals surface area contributed by atoms with Gasteiger partial charge in [-0.2, -0.15) is 0 Å². The van der Waals surface area contributed by atoms with Crippen molar-refractivity contribution >= 4 is 17.8 Å². The van der Waals surface area contributed by atoms with Gasteiger partial charge in [-0.15, -0.1) is 0 Å². The van der Waals surface area contributed by atoms with Crippen LogP contribution in [0.2, 0.25) is 0 Å². The van der Waals surface area contributed by atoms with Crippen molar-refractivity contribution in [3.8, 4) is 11.5 Å². The fourth-order valence-corrected chi connectivity index (χ4v) is 2.22. The van der Waals surface area contributed by atoms with Gasteiger partial charge in [0.15, 0.2) is 6.61 Å². The molecule has 0 radical (unpaired) electrons. The van der Waals surface area contributed by atoms with Gasteiger partial charge in [-0.1, -0.05) is 30.3 Å². The third kappa shape index (κ3) is 6.14. The Morgan fingerprint density at radius 3 is 2.37 bits per heavy atom. The number of hydrogen-bond acceptors (Lipinski definition) is 5. The first kappa shape index (κ1) is 20.0. The zero-order valence-electron chi connectivity index (χ0n) is 15.2. The molecule has 2 aromatic carbocycles. The molecule has 0 saturated carbocycles. The number of hydrogen-bond donors (Lipinski definition) is 2. The van der Waals surface area contributed by atoms with E-state index < -0.39 is 24.5 Å². The van der Waals surface area contributed by atoms with E-state index in [0.29, 0.717) is 18.0 Å². The van der Waals surface area contributed by atoms with Crippen LogP contribution >= 0.6 is 0 Å². The second-order valence-corrected chi connectivity index (χ2v) is 5.67. The lowest BCUT2D eigenvalue weighted by Gasteiger charge is -2.14. The van der Waals surface area contributed by atoms with Crippen LogP contribution in [0.3, 0.4) is 0 Å². The molecule has 142 valence electrons. The number of ether oxygens (including phenoxy) is 2. The highest BCUT2D eigenvalue weighted by atomic mass is 16.5. The van der Waals surface area contributed by atoms with E-state index in [0.717, 1.165) is 0 Å². The van der Waals surface area contributed by atoms with Crippen molar-refractivity contribution in [3.05, 3.63) is 60.2 Å². The van der Waals surface area contributed by atoms with Crippen molar-refractivity contribution in [2.45, 2.75) is 19.9 Å². The largest absolute Gasteiger partial charge is 0.456 e. The van der Waals surface area contributed by atoms with Crippen LogP contribution in [0.25, 0.3) is 0 Å². The van der Waals surface area contributed by atoms with Gasteiger partial charge in [0.05, 0.1) is 0 Å². The van der Waals surface area contributed by atoms with E-state index in [1.54, 1.807) is 50.2 Å². The van der Waals surface area contributed by atoms with Crippen LogP contribution in [0.4, 0.5) is 0 Å². The van der Waals surface area contributed by atoms with Gasteiger partial charge in [0, 0.05) is 6.54 Å². The molecule has 0 aromatic heterocycles. The molecule has 7 nitrogen and oxygen atoms in total. The average Bonchev–Trinajstić information content (AvgIpc) is 2.67. The van der Waals surface area contributed by atoms with Crippen molar-refractivity contribution in [3.63, 3.8) is 0 Å². The Balaban J connectivity index is 1.94. The summed E-state index contributed by atoms with van der Waals surface area (Å²) in [5.41, 5.74) is 0.200. The molecule has 0 saturated heterocycles. The molecule has 2 rings (SSSR count). The van der Waals surface area contributed by atoms with E-state index in [2.05, 4.69) is 10.6 Å². The number of benzene rings is 2. The Bertz CT molecular complexity index is 792. The molecule has 0 aliphatic heterocycles. The van der Waals surface area contributed by atoms with E-state index >= 15 is 0 Å². The molecule has 1 atom stereocenters. The smallest absolute Gasteiger partial charge is 0.342 e. The van der Waals surface area contributed by atoms with Gasteiger partial charge in [0.25, 0.3) is 5.91 Å². The number of likely N-dealkylation sites (N-methyl/N-ethyl adjacent to an activating group) is 1. The second kappa shape index (κ2) is 9.96. The van der Waals surface area contributed by atoms with Crippen molar-refractivity contribution in [1.82, 2.24) is 10.6 Å². The Morgan fingerprint density at radius 2 is 1.67 bits per heavy atom. The maximum Gasteiger partial charge on any atom is 0.342 e. The van der Waals surface area contributed by atoms with E-state index in [9.17, 15) is 14.4 Å². The Morgan fingerprint density at radius 1 is 1.00 bits per heavy atom. The van der Waals surface area contributed by atoms with Gasteiger partial charge in [-0.05, 0) is 38.1 Å². The molecular weight excluding hydrogens is 348 g/mol. The molecule has 0 fully saturated rings. The Hall–Kier alpha value is -3.35. The molecule has 27 heavy (non-hydrogen) atoms. The van der Waals surface area contributed by atoms with Gasteiger partial charge >= 0.3 is 5.97 Å². The zero-order valence-corrected chi connectivity index (χ0v) is 15.2. The molecule has 0 unspecified atom stereocenters. The molecule has 7 heteroatoms. The fourth-order valence-electron chi connectivity index (χ4n) is 2.22. The number of amides is 2. The van der Waals surface area contributed by atoms with Crippen LogP contribution in [0, 0.1) is 0 Å². The van der Waals surface area contributed by atoms with E-state index in [1.807, 2.05) is 18.2 Å². The number of esters is 1. The number of carbonyl (C=O) groups is 3. The summed E-state index contributed by atoms with van der Waals surface area (Å²) in [4.78, 5) is 35.8. The lowest BCUT2D eigenvalue weighted by molar-refractivity contribution is -0.130. The normalized spacial score (nSPS) is 11.2. The maximum atomic E-state index is 12.3. The molecule has 2 N–H and O–H groups in total. The van der Waals surface area contributed by atoms with Gasteiger partial charge in [0.1, 0.15) is 23.1 Å². The zero-order chi connectivity index (χ0) is 19.6. The summed E-state index contributed by atoms with van der Waals surface area (Å²) in [7, 11) is 0. The van der Waals surface area contributed by atoms with Gasteiger partial charge in [0.2, 0.25) is 5.91 Å². The predicted octanol–water partition coefficient (Wildman–Crippen LogP) is 2.28. The Labute approximate surface area is 157 Å². The van der Waals surface area contributed by atoms with E-state index in [1.165, 1.54) is 0 Å². The van der Waals surface area contributed by atoms with Crippen LogP contribution in [0.1, 0.15) is 24.2 Å². The minimum Gasteiger partial charge on any atom is -0.456 e. The van der Waals surface area contributed by atoms with Crippen LogP contribution in [0.15, 0.2) is 54.6 Å². The summed E-state index contributed by atoms with van der Waals surface area (Å²) in [5.74, 6) is -0.666. The molecule has 2 aromatic rings. The molecule has 0 heterocycles. The number of para-hydroxylation sites is 2. The first-order valence-electron chi connectivity index (χ1n) is 8.57. The topological polar surface area (TPSA) is 93.7 Å². The Kier molecular flexibility index (Phi) is 7.37. The highest BCUT2D eigenvalue weighted by Gasteiger charge is 2.18. The minimum absolute atomic E-state index is 0.200. The summed E-state index contributed by atoms with van der Waals surface area (Å²) in [5, 5.41) is 5.06. The summed E-state index contributed by atoms with van der Waals surface area (Å²) >= 11 is 0. The average molecular weight is 370 g/mol. The van der Waals surface area contributed by atoms with Gasteiger partial charge in [-0.3, -0.25) is 9.59 Å². The molecule has 0 spiro atoms. The van der Waals surface area contributed by atoms with Gasteiger partial charge < -0.3 is 20.1 Å². The molecule has 0 bridgehead atoms. The summed E-state index contributed by atoms with van der Waals surface area (Å²) < 4.78 is 10.8. The molecular formula is C20H22N2O5. The lowest BCUT2D eigenvalue weighted by atomic mass is 10.2. The third-order valence-electron chi connectivity index (χ3n) is 3.53. The summed E-state index contributed by atoms with van der Waals surface area (Å²) in [6, 6.07) is 14.9. The summed E-state index contributed by atoms with van der Waals surface area (Å²) in [6.45, 7) is 3.30. The maximum absolute atomic E-state index is 12.3. The number of nitrogens with one attached hydrogen (secondary N) is 2. The SMILES string of the molecule is CCNC(=O)[C@@H](C)NC(=O)COC(=O)c1ccccc1Oc1ccccc1. The van der Waals surface area contributed by atoms with Crippen LogP contribution in [0.5, 0.6) is 11.5 Å². The van der Waals surface area contributed by atoms with E-state index in [4.69, 9.17) is 9.47 Å². The first-order chi connectivity index (χ1) is 13.0. The quantitative estimate of drug-likeness (QED) is 0.696. The minimum atomic E-state index is -0.718. The highest BCUT2D eigenvalue weighted by molar-refractivity contribution is 5.94. The molecule has 0 aliphatic carbocycles. The molecule has 2 amide bonds. The lowest BCUT2D eigenvalue weighted by Crippen LogP contribution is -2.46. The fraction of sp³-hybridized carbons (Fsp3) is 0.250.